The summed E-state index contributed by atoms with van der Waals surface area (Å²) in [6, 6.07) is 4.05. The van der Waals surface area contributed by atoms with Gasteiger partial charge in [0, 0.05) is 25.0 Å². The van der Waals surface area contributed by atoms with Crippen LogP contribution in [0.3, 0.4) is 0 Å². The standard InChI is InChI=1S/C15H21N3O.ClH/c16-14-12-2-1-11(9-12)13(14)15(19)18-8-5-10-3-6-17-7-4-10;/h3-4,6-7,11-14H,1-2,5,8-9,16H2,(H,18,19);1H. The molecular formula is C15H22ClN3O. The first kappa shape index (κ1) is 15.3. The monoisotopic (exact) mass is 295 g/mol. The quantitative estimate of drug-likeness (QED) is 0.885. The average molecular weight is 296 g/mol. The van der Waals surface area contributed by atoms with Gasteiger partial charge in [-0.2, -0.15) is 0 Å². The fourth-order valence-corrected chi connectivity index (χ4v) is 3.72. The molecule has 1 aromatic heterocycles. The Balaban J connectivity index is 0.00000147. The molecule has 1 amide bonds. The van der Waals surface area contributed by atoms with Gasteiger partial charge in [-0.3, -0.25) is 9.78 Å². The summed E-state index contributed by atoms with van der Waals surface area (Å²) in [6.07, 6.45) is 7.97. The van der Waals surface area contributed by atoms with Crippen LogP contribution >= 0.6 is 12.4 Å². The summed E-state index contributed by atoms with van der Waals surface area (Å²) in [7, 11) is 0. The van der Waals surface area contributed by atoms with Crippen LogP contribution in [-0.4, -0.2) is 23.5 Å². The number of fused-ring (bicyclic) bond motifs is 2. The van der Waals surface area contributed by atoms with E-state index in [2.05, 4.69) is 10.3 Å². The highest BCUT2D eigenvalue weighted by Crippen LogP contribution is 2.47. The fraction of sp³-hybridized carbons (Fsp3) is 0.600. The van der Waals surface area contributed by atoms with E-state index >= 15 is 0 Å². The number of carbonyl (C=O) groups is 1. The van der Waals surface area contributed by atoms with Gasteiger partial charge in [-0.05, 0) is 55.2 Å². The number of halogens is 1. The van der Waals surface area contributed by atoms with Crippen molar-refractivity contribution in [2.75, 3.05) is 6.54 Å². The Bertz CT molecular complexity index is 452. The van der Waals surface area contributed by atoms with Crippen molar-refractivity contribution in [3.63, 3.8) is 0 Å². The van der Waals surface area contributed by atoms with Crippen molar-refractivity contribution in [3.05, 3.63) is 30.1 Å². The van der Waals surface area contributed by atoms with E-state index in [-0.39, 0.29) is 30.3 Å². The SMILES string of the molecule is Cl.NC1C2CCC(C2)C1C(=O)NCCc1ccncc1. The highest BCUT2D eigenvalue weighted by atomic mass is 35.5. The second-order valence-corrected chi connectivity index (χ2v) is 5.83. The van der Waals surface area contributed by atoms with Crippen molar-refractivity contribution in [1.29, 1.82) is 0 Å². The highest BCUT2D eigenvalue weighted by Gasteiger charge is 2.48. The Morgan fingerprint density at radius 1 is 1.30 bits per heavy atom. The highest BCUT2D eigenvalue weighted by molar-refractivity contribution is 5.85. The molecule has 1 aromatic rings. The van der Waals surface area contributed by atoms with Crippen molar-refractivity contribution in [2.45, 2.75) is 31.7 Å². The van der Waals surface area contributed by atoms with Crippen LogP contribution < -0.4 is 11.1 Å². The lowest BCUT2D eigenvalue weighted by atomic mass is 9.84. The number of rotatable bonds is 4. The first-order valence-corrected chi connectivity index (χ1v) is 7.18. The van der Waals surface area contributed by atoms with Gasteiger partial charge in [-0.1, -0.05) is 0 Å². The fourth-order valence-electron chi connectivity index (χ4n) is 3.72. The Kier molecular flexibility index (Phi) is 5.00. The predicted molar refractivity (Wildman–Crippen MR) is 80.5 cm³/mol. The van der Waals surface area contributed by atoms with E-state index in [0.717, 1.165) is 12.8 Å². The minimum atomic E-state index is 0. The molecule has 1 heterocycles. The largest absolute Gasteiger partial charge is 0.355 e. The van der Waals surface area contributed by atoms with Crippen molar-refractivity contribution < 1.29 is 4.79 Å². The summed E-state index contributed by atoms with van der Waals surface area (Å²) >= 11 is 0. The van der Waals surface area contributed by atoms with E-state index in [0.29, 0.717) is 18.4 Å². The van der Waals surface area contributed by atoms with E-state index in [1.807, 2.05) is 12.1 Å². The number of amides is 1. The molecule has 2 aliphatic rings. The van der Waals surface area contributed by atoms with Crippen molar-refractivity contribution >= 4 is 18.3 Å². The molecule has 2 saturated carbocycles. The zero-order chi connectivity index (χ0) is 13.2. The second kappa shape index (κ2) is 6.55. The number of carbonyl (C=O) groups excluding carboxylic acids is 1. The summed E-state index contributed by atoms with van der Waals surface area (Å²) in [5.74, 6) is 1.33. The van der Waals surface area contributed by atoms with Crippen LogP contribution in [0.2, 0.25) is 0 Å². The smallest absolute Gasteiger partial charge is 0.224 e. The molecule has 2 fully saturated rings. The Morgan fingerprint density at radius 3 is 2.65 bits per heavy atom. The second-order valence-electron chi connectivity index (χ2n) is 5.83. The van der Waals surface area contributed by atoms with E-state index in [1.54, 1.807) is 12.4 Å². The maximum atomic E-state index is 12.2. The van der Waals surface area contributed by atoms with Gasteiger partial charge in [0.1, 0.15) is 0 Å². The van der Waals surface area contributed by atoms with Crippen LogP contribution in [0.1, 0.15) is 24.8 Å². The van der Waals surface area contributed by atoms with Gasteiger partial charge in [0.05, 0.1) is 5.92 Å². The Labute approximate surface area is 125 Å². The molecule has 4 nitrogen and oxygen atoms in total. The van der Waals surface area contributed by atoms with Gasteiger partial charge < -0.3 is 11.1 Å². The van der Waals surface area contributed by atoms with Crippen LogP contribution in [0, 0.1) is 17.8 Å². The third-order valence-corrected chi connectivity index (χ3v) is 4.75. The van der Waals surface area contributed by atoms with Gasteiger partial charge in [0.15, 0.2) is 0 Å². The minimum Gasteiger partial charge on any atom is -0.355 e. The molecular weight excluding hydrogens is 274 g/mol. The molecule has 0 aliphatic heterocycles. The Hall–Kier alpha value is -1.13. The maximum Gasteiger partial charge on any atom is 0.224 e. The lowest BCUT2D eigenvalue weighted by Crippen LogP contribution is -2.45. The lowest BCUT2D eigenvalue weighted by Gasteiger charge is -2.27. The summed E-state index contributed by atoms with van der Waals surface area (Å²) in [6.45, 7) is 0.684. The zero-order valence-corrected chi connectivity index (χ0v) is 12.3. The van der Waals surface area contributed by atoms with E-state index in [9.17, 15) is 4.79 Å². The molecule has 4 atom stereocenters. The number of hydrogen-bond donors (Lipinski definition) is 2. The number of aromatic nitrogens is 1. The lowest BCUT2D eigenvalue weighted by molar-refractivity contribution is -0.127. The summed E-state index contributed by atoms with van der Waals surface area (Å²) in [4.78, 5) is 16.2. The zero-order valence-electron chi connectivity index (χ0n) is 11.5. The van der Waals surface area contributed by atoms with Crippen molar-refractivity contribution in [1.82, 2.24) is 10.3 Å². The van der Waals surface area contributed by atoms with Crippen molar-refractivity contribution in [3.8, 4) is 0 Å². The maximum absolute atomic E-state index is 12.2. The number of hydrogen-bond acceptors (Lipinski definition) is 3. The first-order chi connectivity index (χ1) is 9.25. The molecule has 3 rings (SSSR count). The number of nitrogens with one attached hydrogen (secondary N) is 1. The average Bonchev–Trinajstić information content (AvgIpc) is 3.00. The van der Waals surface area contributed by atoms with Crippen LogP contribution in [0.4, 0.5) is 0 Å². The van der Waals surface area contributed by atoms with Gasteiger partial charge in [-0.25, -0.2) is 0 Å². The molecule has 0 radical (unpaired) electrons. The minimum absolute atomic E-state index is 0. The van der Waals surface area contributed by atoms with Crippen molar-refractivity contribution in [2.24, 2.45) is 23.5 Å². The number of pyridine rings is 1. The Morgan fingerprint density at radius 2 is 2.00 bits per heavy atom. The third-order valence-electron chi connectivity index (χ3n) is 4.75. The van der Waals surface area contributed by atoms with Gasteiger partial charge in [0.25, 0.3) is 0 Å². The predicted octanol–water partition coefficient (Wildman–Crippen LogP) is 1.54. The van der Waals surface area contributed by atoms with E-state index in [4.69, 9.17) is 5.73 Å². The first-order valence-electron chi connectivity index (χ1n) is 7.18. The molecule has 0 spiro atoms. The third kappa shape index (κ3) is 2.96. The number of nitrogens with two attached hydrogens (primary N) is 1. The molecule has 4 unspecified atom stereocenters. The van der Waals surface area contributed by atoms with Crippen LogP contribution in [0.5, 0.6) is 0 Å². The van der Waals surface area contributed by atoms with E-state index in [1.165, 1.54) is 18.4 Å². The summed E-state index contributed by atoms with van der Waals surface area (Å²) in [5, 5.41) is 3.05. The molecule has 0 aromatic carbocycles. The van der Waals surface area contributed by atoms with Gasteiger partial charge >= 0.3 is 0 Å². The van der Waals surface area contributed by atoms with Gasteiger partial charge in [-0.15, -0.1) is 12.4 Å². The topological polar surface area (TPSA) is 68.0 Å². The number of nitrogens with zero attached hydrogens (tertiary/aromatic N) is 1. The molecule has 110 valence electrons. The van der Waals surface area contributed by atoms with Crippen LogP contribution in [0.15, 0.2) is 24.5 Å². The van der Waals surface area contributed by atoms with Gasteiger partial charge in [0.2, 0.25) is 5.91 Å². The normalized spacial score (nSPS) is 30.9. The molecule has 20 heavy (non-hydrogen) atoms. The molecule has 2 aliphatic carbocycles. The summed E-state index contributed by atoms with van der Waals surface area (Å²) < 4.78 is 0. The molecule has 5 heteroatoms. The van der Waals surface area contributed by atoms with Crippen LogP contribution in [0.25, 0.3) is 0 Å². The summed E-state index contributed by atoms with van der Waals surface area (Å²) in [5.41, 5.74) is 7.38. The van der Waals surface area contributed by atoms with Crippen LogP contribution in [-0.2, 0) is 11.2 Å². The molecule has 2 bridgehead atoms. The van der Waals surface area contributed by atoms with E-state index < -0.39 is 0 Å². The molecule has 0 saturated heterocycles. The molecule has 3 N–H and O–H groups in total.